The van der Waals surface area contributed by atoms with Gasteiger partial charge in [0.25, 0.3) is 0 Å². The SMILES string of the molecule is COC(=O)N=CC(C(=O)N1CCC[C@H]1c1nc2ccc(-c3ncc(-c4ccc(N5CCOCC5)cc4)o3)cc2[nH]1)c1ccccc1. The molecular weight excluding hydrogens is 584 g/mol. The van der Waals surface area contributed by atoms with Crippen molar-refractivity contribution >= 4 is 34.9 Å². The number of rotatable bonds is 7. The number of hydrogen-bond donors (Lipinski definition) is 1. The summed E-state index contributed by atoms with van der Waals surface area (Å²) in [6, 6.07) is 23.2. The first-order valence-electron chi connectivity index (χ1n) is 15.4. The number of carbonyl (C=O) groups is 2. The van der Waals surface area contributed by atoms with E-state index < -0.39 is 12.0 Å². The zero-order valence-corrected chi connectivity index (χ0v) is 25.5. The number of H-pyrrole nitrogens is 1. The summed E-state index contributed by atoms with van der Waals surface area (Å²) in [6.45, 7) is 3.84. The summed E-state index contributed by atoms with van der Waals surface area (Å²) in [4.78, 5) is 46.5. The Balaban J connectivity index is 1.10. The zero-order chi connectivity index (χ0) is 31.5. The van der Waals surface area contributed by atoms with Gasteiger partial charge in [0.15, 0.2) is 5.76 Å². The van der Waals surface area contributed by atoms with Gasteiger partial charge in [0.2, 0.25) is 11.8 Å². The number of carbonyl (C=O) groups excluding carboxylic acids is 2. The van der Waals surface area contributed by atoms with Gasteiger partial charge in [0, 0.05) is 42.7 Å². The van der Waals surface area contributed by atoms with Crippen molar-refractivity contribution in [3.8, 4) is 22.8 Å². The number of fused-ring (bicyclic) bond motifs is 1. The van der Waals surface area contributed by atoms with Gasteiger partial charge in [-0.2, -0.15) is 4.99 Å². The Morgan fingerprint density at radius 2 is 1.80 bits per heavy atom. The zero-order valence-electron chi connectivity index (χ0n) is 25.5. The van der Waals surface area contributed by atoms with Crippen LogP contribution < -0.4 is 4.90 Å². The number of hydrogen-bond acceptors (Lipinski definition) is 8. The van der Waals surface area contributed by atoms with Crippen LogP contribution in [0.3, 0.4) is 0 Å². The number of likely N-dealkylation sites (tertiary alicyclic amines) is 1. The highest BCUT2D eigenvalue weighted by molar-refractivity contribution is 6.01. The summed E-state index contributed by atoms with van der Waals surface area (Å²) in [7, 11) is 1.26. The molecule has 11 nitrogen and oxygen atoms in total. The summed E-state index contributed by atoms with van der Waals surface area (Å²) >= 11 is 0. The molecule has 3 aromatic carbocycles. The highest BCUT2D eigenvalue weighted by atomic mass is 16.5. The van der Waals surface area contributed by atoms with Crippen LogP contribution in [0.2, 0.25) is 0 Å². The Kier molecular flexibility index (Phi) is 8.30. The van der Waals surface area contributed by atoms with Crippen LogP contribution in [-0.4, -0.2) is 78.0 Å². The van der Waals surface area contributed by atoms with Crippen molar-refractivity contribution in [3.05, 3.63) is 90.4 Å². The Hall–Kier alpha value is -5.29. The van der Waals surface area contributed by atoms with Gasteiger partial charge in [0.05, 0.1) is 49.5 Å². The minimum absolute atomic E-state index is 0.146. The molecule has 2 amide bonds. The van der Waals surface area contributed by atoms with Crippen LogP contribution in [0.25, 0.3) is 33.8 Å². The third-order valence-corrected chi connectivity index (χ3v) is 8.56. The third-order valence-electron chi connectivity index (χ3n) is 8.56. The molecule has 46 heavy (non-hydrogen) atoms. The molecule has 234 valence electrons. The molecule has 4 heterocycles. The average molecular weight is 619 g/mol. The molecule has 0 aliphatic carbocycles. The second-order valence-corrected chi connectivity index (χ2v) is 11.4. The second kappa shape index (κ2) is 13.0. The number of nitrogens with zero attached hydrogens (tertiary/aromatic N) is 5. The Morgan fingerprint density at radius 3 is 2.59 bits per heavy atom. The quantitative estimate of drug-likeness (QED) is 0.220. The summed E-state index contributed by atoms with van der Waals surface area (Å²) in [5, 5.41) is 0. The lowest BCUT2D eigenvalue weighted by Crippen LogP contribution is -2.36. The van der Waals surface area contributed by atoms with Gasteiger partial charge in [0.1, 0.15) is 5.82 Å². The van der Waals surface area contributed by atoms with E-state index in [9.17, 15) is 9.59 Å². The predicted octanol–water partition coefficient (Wildman–Crippen LogP) is 6.01. The van der Waals surface area contributed by atoms with Crippen LogP contribution in [0.15, 0.2) is 88.4 Å². The molecular formula is C35H34N6O5. The van der Waals surface area contributed by atoms with Crippen molar-refractivity contribution in [1.82, 2.24) is 19.9 Å². The fraction of sp³-hybridized carbons (Fsp3) is 0.286. The van der Waals surface area contributed by atoms with Crippen LogP contribution in [-0.2, 0) is 14.3 Å². The van der Waals surface area contributed by atoms with Crippen molar-refractivity contribution in [1.29, 1.82) is 0 Å². The first-order chi connectivity index (χ1) is 22.6. The van der Waals surface area contributed by atoms with Gasteiger partial charge in [-0.15, -0.1) is 0 Å². The smallest absolute Gasteiger partial charge is 0.432 e. The molecule has 2 fully saturated rings. The van der Waals surface area contributed by atoms with Crippen LogP contribution in [0, 0.1) is 0 Å². The van der Waals surface area contributed by atoms with Crippen molar-refractivity contribution in [2.24, 2.45) is 4.99 Å². The fourth-order valence-electron chi connectivity index (χ4n) is 6.15. The van der Waals surface area contributed by atoms with Gasteiger partial charge >= 0.3 is 6.09 Å². The van der Waals surface area contributed by atoms with Gasteiger partial charge < -0.3 is 28.7 Å². The number of amides is 2. The third kappa shape index (κ3) is 6.01. The van der Waals surface area contributed by atoms with Gasteiger partial charge in [-0.3, -0.25) is 4.79 Å². The molecule has 11 heteroatoms. The molecule has 2 atom stereocenters. The monoisotopic (exact) mass is 618 g/mol. The molecule has 2 aromatic heterocycles. The van der Waals surface area contributed by atoms with E-state index >= 15 is 0 Å². The largest absolute Gasteiger partial charge is 0.451 e. The first kappa shape index (κ1) is 29.4. The average Bonchev–Trinajstić information content (AvgIpc) is 3.89. The lowest BCUT2D eigenvalue weighted by Gasteiger charge is -2.28. The Bertz CT molecular complexity index is 1860. The van der Waals surface area contributed by atoms with Gasteiger partial charge in [-0.1, -0.05) is 30.3 Å². The molecule has 2 aliphatic heterocycles. The first-order valence-corrected chi connectivity index (χ1v) is 15.4. The molecule has 0 spiro atoms. The molecule has 2 aliphatic rings. The Labute approximate surface area is 265 Å². The van der Waals surface area contributed by atoms with E-state index in [0.29, 0.717) is 24.0 Å². The minimum atomic E-state index is -0.750. The molecule has 5 aromatic rings. The van der Waals surface area contributed by atoms with Crippen LogP contribution in [0.5, 0.6) is 0 Å². The van der Waals surface area contributed by atoms with E-state index in [1.807, 2.05) is 53.4 Å². The molecule has 1 N–H and O–H groups in total. The minimum Gasteiger partial charge on any atom is -0.451 e. The highest BCUT2D eigenvalue weighted by Crippen LogP contribution is 2.35. The molecule has 1 unspecified atom stereocenters. The van der Waals surface area contributed by atoms with Gasteiger partial charge in [-0.25, -0.2) is 14.8 Å². The lowest BCUT2D eigenvalue weighted by molar-refractivity contribution is -0.132. The number of aromatic amines is 1. The van der Waals surface area contributed by atoms with Crippen LogP contribution in [0.1, 0.15) is 36.2 Å². The number of aliphatic imine (C=N–C) groups is 1. The normalized spacial score (nSPS) is 17.5. The van der Waals surface area contributed by atoms with Gasteiger partial charge in [-0.05, 0) is 60.9 Å². The van der Waals surface area contributed by atoms with Crippen molar-refractivity contribution in [2.75, 3.05) is 44.9 Å². The maximum Gasteiger partial charge on any atom is 0.432 e. The van der Waals surface area contributed by atoms with Crippen molar-refractivity contribution < 1.29 is 23.5 Å². The predicted molar refractivity (Wildman–Crippen MR) is 174 cm³/mol. The number of nitrogens with one attached hydrogen (secondary N) is 1. The number of ether oxygens (including phenoxy) is 2. The molecule has 0 radical (unpaired) electrons. The number of morpholine rings is 1. The van der Waals surface area contributed by atoms with E-state index in [0.717, 1.165) is 66.9 Å². The maximum absolute atomic E-state index is 13.9. The van der Waals surface area contributed by atoms with Crippen LogP contribution in [0.4, 0.5) is 10.5 Å². The highest BCUT2D eigenvalue weighted by Gasteiger charge is 2.36. The van der Waals surface area contributed by atoms with Crippen LogP contribution >= 0.6 is 0 Å². The number of methoxy groups -OCH3 is 1. The van der Waals surface area contributed by atoms with Crippen molar-refractivity contribution in [3.63, 3.8) is 0 Å². The van der Waals surface area contributed by atoms with E-state index in [2.05, 4.69) is 48.9 Å². The molecule has 0 saturated carbocycles. The summed E-state index contributed by atoms with van der Waals surface area (Å²) < 4.78 is 16.3. The maximum atomic E-state index is 13.9. The van der Waals surface area contributed by atoms with E-state index in [-0.39, 0.29) is 11.9 Å². The molecule has 7 rings (SSSR count). The number of aromatic nitrogens is 3. The fourth-order valence-corrected chi connectivity index (χ4v) is 6.15. The lowest BCUT2D eigenvalue weighted by atomic mass is 9.98. The van der Waals surface area contributed by atoms with Crippen molar-refractivity contribution in [2.45, 2.75) is 24.8 Å². The summed E-state index contributed by atoms with van der Waals surface area (Å²) in [5.74, 6) is 1.04. The summed E-state index contributed by atoms with van der Waals surface area (Å²) in [6.07, 6.45) is 3.96. The Morgan fingerprint density at radius 1 is 1.02 bits per heavy atom. The number of imidazole rings is 1. The van der Waals surface area contributed by atoms with E-state index in [4.69, 9.17) is 14.1 Å². The standard InChI is InChI=1S/C35H34N6O5/c1-44-35(43)37-21-27(23-6-3-2-4-7-23)34(42)41-15-5-8-30(41)32-38-28-14-11-25(20-29(28)39-32)33-36-22-31(46-33)24-9-12-26(13-10-24)40-16-18-45-19-17-40/h2-4,6-7,9-14,20-22,27,30H,5,8,15-19H2,1H3,(H,38,39)/t27?,30-/m0/s1. The number of benzene rings is 3. The summed E-state index contributed by atoms with van der Waals surface area (Å²) in [5.41, 5.74) is 5.31. The topological polar surface area (TPSA) is 126 Å². The molecule has 0 bridgehead atoms. The molecule has 2 saturated heterocycles. The number of oxazole rings is 1. The number of anilines is 1. The van der Waals surface area contributed by atoms with E-state index in [1.54, 1.807) is 6.20 Å². The van der Waals surface area contributed by atoms with E-state index in [1.165, 1.54) is 19.0 Å². The second-order valence-electron chi connectivity index (χ2n) is 11.4.